The molecule has 1 saturated carbocycles. The van der Waals surface area contributed by atoms with Crippen LogP contribution in [0.25, 0.3) is 21.9 Å². The summed E-state index contributed by atoms with van der Waals surface area (Å²) >= 11 is 0. The highest BCUT2D eigenvalue weighted by molar-refractivity contribution is 6.09. The number of hydrogen-bond donors (Lipinski definition) is 3. The third kappa shape index (κ3) is 4.40. The van der Waals surface area contributed by atoms with Gasteiger partial charge in [-0.05, 0) is 37.0 Å². The zero-order chi connectivity index (χ0) is 23.5. The zero-order valence-electron chi connectivity index (χ0n) is 20.1. The van der Waals surface area contributed by atoms with Crippen LogP contribution in [-0.2, 0) is 13.1 Å². The molecule has 5 rings (SSSR count). The number of anilines is 2. The summed E-state index contributed by atoms with van der Waals surface area (Å²) in [5.74, 6) is 1.97. The zero-order valence-corrected chi connectivity index (χ0v) is 20.1. The Morgan fingerprint density at radius 3 is 2.76 bits per heavy atom. The molecule has 0 spiro atoms. The van der Waals surface area contributed by atoms with Crippen molar-refractivity contribution in [3.63, 3.8) is 0 Å². The van der Waals surface area contributed by atoms with Crippen molar-refractivity contribution in [3.05, 3.63) is 53.6 Å². The number of nitrogens with one attached hydrogen (secondary N) is 2. The number of ether oxygens (including phenoxy) is 1. The first-order valence-electron chi connectivity index (χ1n) is 12.4. The molecule has 1 aliphatic carbocycles. The maximum Gasteiger partial charge on any atom is 0.222 e. The van der Waals surface area contributed by atoms with Gasteiger partial charge in [0, 0.05) is 30.1 Å². The fourth-order valence-corrected chi connectivity index (χ4v) is 4.69. The van der Waals surface area contributed by atoms with Gasteiger partial charge in [0.2, 0.25) is 5.95 Å². The molecule has 0 saturated heterocycles. The number of benzene rings is 2. The molecule has 7 nitrogen and oxygen atoms in total. The smallest absolute Gasteiger partial charge is 0.222 e. The van der Waals surface area contributed by atoms with Crippen LogP contribution < -0.4 is 21.1 Å². The number of rotatable bonds is 10. The van der Waals surface area contributed by atoms with E-state index >= 15 is 0 Å². The van der Waals surface area contributed by atoms with E-state index in [1.54, 1.807) is 7.11 Å². The minimum Gasteiger partial charge on any atom is -0.496 e. The summed E-state index contributed by atoms with van der Waals surface area (Å²) in [4.78, 5) is 9.21. The lowest BCUT2D eigenvalue weighted by Gasteiger charge is -2.26. The van der Waals surface area contributed by atoms with E-state index < -0.39 is 0 Å². The Bertz CT molecular complexity index is 1290. The summed E-state index contributed by atoms with van der Waals surface area (Å²) in [5, 5.41) is 8.22. The molecule has 2 aromatic carbocycles. The Labute approximate surface area is 200 Å². The van der Waals surface area contributed by atoms with Gasteiger partial charge in [0.1, 0.15) is 16.8 Å². The standard InChI is InChI=1S/C27H34N6O/c1-3-4-14-29-26-25-24(31-27(28)32-26)21-10-5-6-11-22(21)33(25)17-19-13-12-18(15-23(19)34-2)16-30-20-8-7-9-20/h5-6,10-13,15,20,30H,3-4,7-9,14,16-17H2,1-2H3,(H3,28,29,31,32). The largest absolute Gasteiger partial charge is 0.496 e. The number of nitrogens with zero attached hydrogens (tertiary/aromatic N) is 3. The summed E-state index contributed by atoms with van der Waals surface area (Å²) in [7, 11) is 1.75. The van der Waals surface area contributed by atoms with Crippen molar-refractivity contribution in [1.29, 1.82) is 0 Å². The molecule has 0 aliphatic heterocycles. The van der Waals surface area contributed by atoms with Crippen LogP contribution >= 0.6 is 0 Å². The summed E-state index contributed by atoms with van der Waals surface area (Å²) in [6, 6.07) is 15.5. The molecule has 7 heteroatoms. The molecule has 4 N–H and O–H groups in total. The van der Waals surface area contributed by atoms with Gasteiger partial charge < -0.3 is 25.7 Å². The first-order valence-corrected chi connectivity index (χ1v) is 12.4. The van der Waals surface area contributed by atoms with E-state index in [2.05, 4.69) is 68.5 Å². The number of hydrogen-bond acceptors (Lipinski definition) is 6. The van der Waals surface area contributed by atoms with Crippen molar-refractivity contribution in [2.75, 3.05) is 24.7 Å². The number of fused-ring (bicyclic) bond motifs is 3. The molecule has 4 aromatic rings. The molecule has 2 heterocycles. The highest BCUT2D eigenvalue weighted by atomic mass is 16.5. The third-order valence-electron chi connectivity index (χ3n) is 6.82. The molecular formula is C27H34N6O. The number of para-hydroxylation sites is 1. The molecule has 0 radical (unpaired) electrons. The predicted octanol–water partition coefficient (Wildman–Crippen LogP) is 5.08. The van der Waals surface area contributed by atoms with Crippen molar-refractivity contribution >= 4 is 33.7 Å². The number of nitrogens with two attached hydrogens (primary N) is 1. The van der Waals surface area contributed by atoms with Gasteiger partial charge in [0.15, 0.2) is 5.82 Å². The number of nitrogen functional groups attached to an aromatic ring is 1. The molecule has 178 valence electrons. The van der Waals surface area contributed by atoms with Crippen molar-refractivity contribution in [3.8, 4) is 5.75 Å². The highest BCUT2D eigenvalue weighted by Crippen LogP contribution is 2.34. The van der Waals surface area contributed by atoms with Gasteiger partial charge in [-0.2, -0.15) is 4.98 Å². The van der Waals surface area contributed by atoms with E-state index in [0.717, 1.165) is 65.0 Å². The summed E-state index contributed by atoms with van der Waals surface area (Å²) in [5.41, 5.74) is 11.4. The molecule has 34 heavy (non-hydrogen) atoms. The lowest BCUT2D eigenvalue weighted by Crippen LogP contribution is -2.34. The fourth-order valence-electron chi connectivity index (χ4n) is 4.69. The van der Waals surface area contributed by atoms with Crippen LogP contribution in [0.4, 0.5) is 11.8 Å². The van der Waals surface area contributed by atoms with Crippen LogP contribution in [0.5, 0.6) is 5.75 Å². The third-order valence-corrected chi connectivity index (χ3v) is 6.82. The van der Waals surface area contributed by atoms with Gasteiger partial charge in [-0.15, -0.1) is 0 Å². The molecule has 1 fully saturated rings. The topological polar surface area (TPSA) is 90.0 Å². The van der Waals surface area contributed by atoms with E-state index in [1.165, 1.54) is 24.8 Å². The Morgan fingerprint density at radius 2 is 2.00 bits per heavy atom. The minimum atomic E-state index is 0.287. The summed E-state index contributed by atoms with van der Waals surface area (Å²) in [6.07, 6.45) is 6.08. The number of aromatic nitrogens is 3. The second-order valence-corrected chi connectivity index (χ2v) is 9.17. The van der Waals surface area contributed by atoms with Crippen LogP contribution in [-0.4, -0.2) is 34.2 Å². The van der Waals surface area contributed by atoms with Crippen LogP contribution in [0.1, 0.15) is 50.2 Å². The van der Waals surface area contributed by atoms with Gasteiger partial charge >= 0.3 is 0 Å². The van der Waals surface area contributed by atoms with Crippen molar-refractivity contribution < 1.29 is 4.74 Å². The Balaban J connectivity index is 1.54. The second kappa shape index (κ2) is 9.89. The van der Waals surface area contributed by atoms with Crippen molar-refractivity contribution in [2.45, 2.75) is 58.2 Å². The van der Waals surface area contributed by atoms with Crippen molar-refractivity contribution in [1.82, 2.24) is 19.9 Å². The average Bonchev–Trinajstić information content (AvgIpc) is 3.12. The Kier molecular flexibility index (Phi) is 6.54. The second-order valence-electron chi connectivity index (χ2n) is 9.17. The van der Waals surface area contributed by atoms with E-state index in [-0.39, 0.29) is 5.95 Å². The summed E-state index contributed by atoms with van der Waals surface area (Å²) < 4.78 is 8.11. The summed E-state index contributed by atoms with van der Waals surface area (Å²) in [6.45, 7) is 4.55. The van der Waals surface area contributed by atoms with Gasteiger partial charge in [-0.1, -0.05) is 50.1 Å². The van der Waals surface area contributed by atoms with E-state index in [0.29, 0.717) is 12.6 Å². The molecule has 2 aromatic heterocycles. The predicted molar refractivity (Wildman–Crippen MR) is 139 cm³/mol. The maximum absolute atomic E-state index is 6.11. The van der Waals surface area contributed by atoms with Crippen LogP contribution in [0, 0.1) is 0 Å². The van der Waals surface area contributed by atoms with Crippen LogP contribution in [0.2, 0.25) is 0 Å². The van der Waals surface area contributed by atoms with Crippen LogP contribution in [0.3, 0.4) is 0 Å². The van der Waals surface area contributed by atoms with E-state index in [1.807, 2.05) is 6.07 Å². The van der Waals surface area contributed by atoms with Crippen molar-refractivity contribution in [2.24, 2.45) is 0 Å². The molecule has 0 amide bonds. The molecular weight excluding hydrogens is 424 g/mol. The Hall–Kier alpha value is -3.32. The number of methoxy groups -OCH3 is 1. The van der Waals surface area contributed by atoms with Crippen LogP contribution in [0.15, 0.2) is 42.5 Å². The SMILES string of the molecule is CCCCNc1nc(N)nc2c3ccccc3n(Cc3ccc(CNC4CCC4)cc3OC)c12. The molecule has 0 atom stereocenters. The number of unbranched alkanes of at least 4 members (excludes halogenated alkanes) is 1. The monoisotopic (exact) mass is 458 g/mol. The highest BCUT2D eigenvalue weighted by Gasteiger charge is 2.19. The van der Waals surface area contributed by atoms with Gasteiger partial charge in [0.05, 0.1) is 19.2 Å². The molecule has 0 bridgehead atoms. The van der Waals surface area contributed by atoms with E-state index in [9.17, 15) is 0 Å². The van der Waals surface area contributed by atoms with Gasteiger partial charge in [0.25, 0.3) is 0 Å². The first-order chi connectivity index (χ1) is 16.7. The van der Waals surface area contributed by atoms with E-state index in [4.69, 9.17) is 10.5 Å². The average molecular weight is 459 g/mol. The quantitative estimate of drug-likeness (QED) is 0.287. The van der Waals surface area contributed by atoms with Gasteiger partial charge in [-0.3, -0.25) is 0 Å². The molecule has 0 unspecified atom stereocenters. The van der Waals surface area contributed by atoms with Gasteiger partial charge in [-0.25, -0.2) is 4.98 Å². The molecule has 1 aliphatic rings. The fraction of sp³-hybridized carbons (Fsp3) is 0.407. The lowest BCUT2D eigenvalue weighted by molar-refractivity contribution is 0.338. The minimum absolute atomic E-state index is 0.287. The Morgan fingerprint density at radius 1 is 1.15 bits per heavy atom. The lowest BCUT2D eigenvalue weighted by atomic mass is 9.93. The maximum atomic E-state index is 6.11. The first kappa shape index (κ1) is 22.5. The normalized spacial score (nSPS) is 13.9.